The normalized spacial score (nSPS) is 22.3. The van der Waals surface area contributed by atoms with Gasteiger partial charge in [0.1, 0.15) is 0 Å². The smallest absolute Gasteiger partial charge is 0.157 e. The molecule has 1 saturated heterocycles. The van der Waals surface area contributed by atoms with Crippen LogP contribution >= 0.6 is 0 Å². The number of rotatable bonds is 7. The van der Waals surface area contributed by atoms with Crippen LogP contribution in [0.4, 0.5) is 0 Å². The van der Waals surface area contributed by atoms with E-state index in [1.165, 1.54) is 6.42 Å². The Morgan fingerprint density at radius 1 is 1.27 bits per heavy atom. The van der Waals surface area contributed by atoms with Crippen LogP contribution in [0.5, 0.6) is 0 Å². The Bertz CT molecular complexity index is 164. The fourth-order valence-corrected chi connectivity index (χ4v) is 1.36. The summed E-state index contributed by atoms with van der Waals surface area (Å²) in [6.45, 7) is 2.35. The van der Waals surface area contributed by atoms with E-state index in [-0.39, 0.29) is 12.9 Å². The molecular formula is C11H20O4. The quantitative estimate of drug-likeness (QED) is 0.511. The van der Waals surface area contributed by atoms with Crippen LogP contribution in [0.3, 0.4) is 0 Å². The van der Waals surface area contributed by atoms with E-state index in [1.807, 2.05) is 12.2 Å². The molecule has 1 rings (SSSR count). The topological polar surface area (TPSA) is 47.9 Å². The summed E-state index contributed by atoms with van der Waals surface area (Å²) in [4.78, 5) is 0. The first-order valence-corrected chi connectivity index (χ1v) is 5.50. The van der Waals surface area contributed by atoms with Crippen molar-refractivity contribution in [3.8, 4) is 0 Å². The molecule has 0 spiro atoms. The van der Waals surface area contributed by atoms with Crippen molar-refractivity contribution in [2.75, 3.05) is 33.0 Å². The summed E-state index contributed by atoms with van der Waals surface area (Å²) in [5.41, 5.74) is 0. The van der Waals surface area contributed by atoms with E-state index in [1.54, 1.807) is 0 Å². The first kappa shape index (κ1) is 12.6. The molecule has 0 aromatic heterocycles. The minimum absolute atomic E-state index is 0.0261. The molecular weight excluding hydrogens is 196 g/mol. The molecule has 1 heterocycles. The standard InChI is InChI=1S/C11H20O4/c12-6-10-13-7-3-4-9-15-11-5-1-2-8-14-11/h3-4,11-12H,1-2,5-10H2/b4-3-. The second-order valence-corrected chi connectivity index (χ2v) is 3.40. The van der Waals surface area contributed by atoms with Gasteiger partial charge in [0.15, 0.2) is 6.29 Å². The van der Waals surface area contributed by atoms with Crippen LogP contribution in [0.25, 0.3) is 0 Å². The molecule has 0 radical (unpaired) electrons. The first-order valence-electron chi connectivity index (χ1n) is 5.50. The highest BCUT2D eigenvalue weighted by molar-refractivity contribution is 4.81. The molecule has 1 N–H and O–H groups in total. The van der Waals surface area contributed by atoms with E-state index in [0.29, 0.717) is 19.8 Å². The van der Waals surface area contributed by atoms with E-state index >= 15 is 0 Å². The lowest BCUT2D eigenvalue weighted by Gasteiger charge is -2.21. The molecule has 4 nitrogen and oxygen atoms in total. The van der Waals surface area contributed by atoms with E-state index < -0.39 is 0 Å². The lowest BCUT2D eigenvalue weighted by molar-refractivity contribution is -0.155. The maximum absolute atomic E-state index is 8.45. The second-order valence-electron chi connectivity index (χ2n) is 3.40. The van der Waals surface area contributed by atoms with Crippen molar-refractivity contribution in [2.24, 2.45) is 0 Å². The highest BCUT2D eigenvalue weighted by Gasteiger charge is 2.12. The maximum atomic E-state index is 8.45. The molecule has 0 aliphatic carbocycles. The Balaban J connectivity index is 1.90. The van der Waals surface area contributed by atoms with Crippen molar-refractivity contribution in [1.29, 1.82) is 0 Å². The average molecular weight is 216 g/mol. The van der Waals surface area contributed by atoms with E-state index in [9.17, 15) is 0 Å². The largest absolute Gasteiger partial charge is 0.394 e. The van der Waals surface area contributed by atoms with Gasteiger partial charge in [-0.3, -0.25) is 0 Å². The number of hydrogen-bond acceptors (Lipinski definition) is 4. The maximum Gasteiger partial charge on any atom is 0.157 e. The fourth-order valence-electron chi connectivity index (χ4n) is 1.36. The lowest BCUT2D eigenvalue weighted by Crippen LogP contribution is -2.22. The molecule has 88 valence electrons. The summed E-state index contributed by atoms with van der Waals surface area (Å²) in [7, 11) is 0. The van der Waals surface area contributed by atoms with Crippen LogP contribution in [0.1, 0.15) is 19.3 Å². The highest BCUT2D eigenvalue weighted by atomic mass is 16.7. The highest BCUT2D eigenvalue weighted by Crippen LogP contribution is 2.13. The molecule has 0 aromatic rings. The molecule has 0 aromatic carbocycles. The van der Waals surface area contributed by atoms with Crippen LogP contribution in [-0.2, 0) is 14.2 Å². The van der Waals surface area contributed by atoms with Crippen molar-refractivity contribution in [3.63, 3.8) is 0 Å². The molecule has 0 amide bonds. The van der Waals surface area contributed by atoms with Gasteiger partial charge in [0.05, 0.1) is 26.4 Å². The Morgan fingerprint density at radius 2 is 2.13 bits per heavy atom. The fraction of sp³-hybridized carbons (Fsp3) is 0.818. The molecule has 0 bridgehead atoms. The Morgan fingerprint density at radius 3 is 2.87 bits per heavy atom. The summed E-state index contributed by atoms with van der Waals surface area (Å²) >= 11 is 0. The van der Waals surface area contributed by atoms with Crippen LogP contribution in [0, 0.1) is 0 Å². The minimum Gasteiger partial charge on any atom is -0.394 e. The summed E-state index contributed by atoms with van der Waals surface area (Å²) in [6, 6.07) is 0. The number of hydrogen-bond donors (Lipinski definition) is 1. The third kappa shape index (κ3) is 6.62. The summed E-state index contributed by atoms with van der Waals surface area (Å²) in [5.74, 6) is 0. The number of aliphatic hydroxyl groups excluding tert-OH is 1. The van der Waals surface area contributed by atoms with Crippen molar-refractivity contribution in [1.82, 2.24) is 0 Å². The summed E-state index contributed by atoms with van der Waals surface area (Å²) in [5, 5.41) is 8.45. The minimum atomic E-state index is -0.0261. The molecule has 4 heteroatoms. The van der Waals surface area contributed by atoms with E-state index in [4.69, 9.17) is 19.3 Å². The SMILES string of the molecule is OCCOC/C=C\COC1CCCCO1. The Hall–Kier alpha value is -0.420. The van der Waals surface area contributed by atoms with Gasteiger partial charge in [-0.25, -0.2) is 0 Å². The van der Waals surface area contributed by atoms with Crippen LogP contribution < -0.4 is 0 Å². The van der Waals surface area contributed by atoms with Gasteiger partial charge in [0, 0.05) is 6.61 Å². The van der Waals surface area contributed by atoms with Crippen LogP contribution in [-0.4, -0.2) is 44.4 Å². The third-order valence-electron chi connectivity index (χ3n) is 2.13. The van der Waals surface area contributed by atoms with Crippen LogP contribution in [0.15, 0.2) is 12.2 Å². The zero-order valence-corrected chi connectivity index (χ0v) is 9.06. The molecule has 0 saturated carbocycles. The molecule has 1 fully saturated rings. The zero-order valence-electron chi connectivity index (χ0n) is 9.06. The molecule has 1 atom stereocenters. The Labute approximate surface area is 90.8 Å². The molecule has 15 heavy (non-hydrogen) atoms. The van der Waals surface area contributed by atoms with Crippen molar-refractivity contribution in [3.05, 3.63) is 12.2 Å². The van der Waals surface area contributed by atoms with Gasteiger partial charge >= 0.3 is 0 Å². The first-order chi connectivity index (χ1) is 7.43. The number of aliphatic hydroxyl groups is 1. The Kier molecular flexibility index (Phi) is 7.47. The van der Waals surface area contributed by atoms with Crippen LogP contribution in [0.2, 0.25) is 0 Å². The van der Waals surface area contributed by atoms with Crippen molar-refractivity contribution >= 4 is 0 Å². The van der Waals surface area contributed by atoms with Gasteiger partial charge in [0.2, 0.25) is 0 Å². The van der Waals surface area contributed by atoms with Gasteiger partial charge in [-0.2, -0.15) is 0 Å². The predicted molar refractivity (Wildman–Crippen MR) is 56.6 cm³/mol. The zero-order chi connectivity index (χ0) is 10.8. The molecule has 1 aliphatic heterocycles. The van der Waals surface area contributed by atoms with Crippen molar-refractivity contribution < 1.29 is 19.3 Å². The monoisotopic (exact) mass is 216 g/mol. The predicted octanol–water partition coefficient (Wildman–Crippen LogP) is 1.09. The van der Waals surface area contributed by atoms with Gasteiger partial charge in [-0.1, -0.05) is 12.2 Å². The van der Waals surface area contributed by atoms with Gasteiger partial charge in [0.25, 0.3) is 0 Å². The van der Waals surface area contributed by atoms with E-state index in [0.717, 1.165) is 19.4 Å². The van der Waals surface area contributed by atoms with Gasteiger partial charge < -0.3 is 19.3 Å². The molecule has 1 unspecified atom stereocenters. The summed E-state index contributed by atoms with van der Waals surface area (Å²) < 4.78 is 15.9. The number of ether oxygens (including phenoxy) is 3. The second kappa shape index (κ2) is 8.85. The average Bonchev–Trinajstić information content (AvgIpc) is 2.29. The lowest BCUT2D eigenvalue weighted by atomic mass is 10.2. The summed E-state index contributed by atoms with van der Waals surface area (Å²) in [6.07, 6.45) is 7.10. The van der Waals surface area contributed by atoms with Gasteiger partial charge in [-0.05, 0) is 19.3 Å². The third-order valence-corrected chi connectivity index (χ3v) is 2.13. The van der Waals surface area contributed by atoms with Crippen molar-refractivity contribution in [2.45, 2.75) is 25.6 Å². The van der Waals surface area contributed by atoms with E-state index in [2.05, 4.69) is 0 Å². The molecule has 1 aliphatic rings. The van der Waals surface area contributed by atoms with Gasteiger partial charge in [-0.15, -0.1) is 0 Å².